The molecule has 2 atom stereocenters. The number of hydrogen-bond acceptors (Lipinski definition) is 11. The highest BCUT2D eigenvalue weighted by Crippen LogP contribution is 2.50. The van der Waals surface area contributed by atoms with Gasteiger partial charge in [-0.25, -0.2) is 0 Å². The van der Waals surface area contributed by atoms with Crippen molar-refractivity contribution >= 4 is 23.9 Å². The van der Waals surface area contributed by atoms with Crippen LogP contribution >= 0.6 is 0 Å². The average Bonchev–Trinajstić information content (AvgIpc) is 3.51. The van der Waals surface area contributed by atoms with Crippen LogP contribution in [0.5, 0.6) is 46.0 Å². The van der Waals surface area contributed by atoms with E-state index in [1.165, 1.54) is 35.5 Å². The highest BCUT2D eigenvalue weighted by atomic mass is 16.7. The van der Waals surface area contributed by atoms with Gasteiger partial charge >= 0.3 is 5.97 Å². The van der Waals surface area contributed by atoms with Crippen LogP contribution in [-0.2, 0) is 9.53 Å². The van der Waals surface area contributed by atoms with Crippen molar-refractivity contribution < 1.29 is 47.4 Å². The van der Waals surface area contributed by atoms with Crippen molar-refractivity contribution in [3.05, 3.63) is 58.7 Å². The number of esters is 1. The van der Waals surface area contributed by atoms with Crippen molar-refractivity contribution in [1.82, 2.24) is 0 Å². The van der Waals surface area contributed by atoms with Gasteiger partial charge in [-0.05, 0) is 52.6 Å². The van der Waals surface area contributed by atoms with Crippen LogP contribution in [0.25, 0.3) is 6.08 Å². The fourth-order valence-corrected chi connectivity index (χ4v) is 5.47. The molecule has 11 heteroatoms. The first-order valence-electron chi connectivity index (χ1n) is 13.3. The molecule has 0 bridgehead atoms. The van der Waals surface area contributed by atoms with Crippen molar-refractivity contribution in [2.24, 2.45) is 10.9 Å². The Morgan fingerprint density at radius 1 is 0.744 bits per heavy atom. The van der Waals surface area contributed by atoms with Gasteiger partial charge < -0.3 is 42.6 Å². The molecule has 2 aliphatic rings. The first kappa shape index (κ1) is 29.4. The predicted molar refractivity (Wildman–Crippen MR) is 158 cm³/mol. The molecule has 3 aromatic carbocycles. The van der Waals surface area contributed by atoms with Crippen molar-refractivity contribution in [2.75, 3.05) is 56.6 Å². The van der Waals surface area contributed by atoms with Gasteiger partial charge in [0.05, 0.1) is 61.4 Å². The van der Waals surface area contributed by atoms with Crippen LogP contribution in [0.15, 0.2) is 47.0 Å². The van der Waals surface area contributed by atoms with Crippen LogP contribution in [0.2, 0.25) is 0 Å². The summed E-state index contributed by atoms with van der Waals surface area (Å²) < 4.78 is 50.0. The summed E-state index contributed by atoms with van der Waals surface area (Å²) in [5.41, 5.74) is 3.52. The van der Waals surface area contributed by atoms with E-state index in [9.17, 15) is 4.79 Å². The number of methoxy groups -OCH3 is 7. The maximum Gasteiger partial charge on any atom is 0.314 e. The van der Waals surface area contributed by atoms with Crippen molar-refractivity contribution in [3.63, 3.8) is 0 Å². The Bertz CT molecular complexity index is 1550. The van der Waals surface area contributed by atoms with Crippen molar-refractivity contribution in [1.29, 1.82) is 0 Å². The zero-order valence-electron chi connectivity index (χ0n) is 25.0. The number of hydrogen-bond donors (Lipinski definition) is 0. The second-order valence-electron chi connectivity index (χ2n) is 9.56. The van der Waals surface area contributed by atoms with E-state index in [1.54, 1.807) is 32.6 Å². The molecule has 0 N–H and O–H groups in total. The normalized spacial score (nSPS) is 16.7. The predicted octanol–water partition coefficient (Wildman–Crippen LogP) is 5.19. The number of carbonyl (C=O) groups is 1. The highest BCUT2D eigenvalue weighted by molar-refractivity contribution is 5.98. The lowest BCUT2D eigenvalue weighted by Crippen LogP contribution is -2.30. The molecule has 11 nitrogen and oxygen atoms in total. The van der Waals surface area contributed by atoms with E-state index >= 15 is 0 Å². The molecule has 0 radical (unpaired) electrons. The summed E-state index contributed by atoms with van der Waals surface area (Å²) in [5.74, 6) is 2.07. The van der Waals surface area contributed by atoms with Crippen LogP contribution in [0.3, 0.4) is 0 Å². The quantitative estimate of drug-likeness (QED) is 0.231. The van der Waals surface area contributed by atoms with Gasteiger partial charge in [0.1, 0.15) is 0 Å². The molecule has 0 amide bonds. The molecule has 0 saturated carbocycles. The second kappa shape index (κ2) is 12.4. The largest absolute Gasteiger partial charge is 0.493 e. The summed E-state index contributed by atoms with van der Waals surface area (Å²) in [5, 5.41) is 0. The third-order valence-corrected chi connectivity index (χ3v) is 7.44. The molecule has 5 rings (SSSR count). The molecule has 0 fully saturated rings. The molecule has 0 spiro atoms. The van der Waals surface area contributed by atoms with Crippen LogP contribution in [0, 0.1) is 5.92 Å². The van der Waals surface area contributed by atoms with Crippen LogP contribution in [0.4, 0.5) is 5.69 Å². The van der Waals surface area contributed by atoms with Crippen molar-refractivity contribution in [3.8, 4) is 46.0 Å². The van der Waals surface area contributed by atoms with Gasteiger partial charge in [-0.3, -0.25) is 9.79 Å². The number of nitrogens with zero attached hydrogens (tertiary/aromatic N) is 1. The number of fused-ring (bicyclic) bond motifs is 2. The lowest BCUT2D eigenvalue weighted by molar-refractivity contribution is -0.144. The molecular weight excluding hydrogens is 558 g/mol. The maximum absolute atomic E-state index is 13.6. The molecule has 3 aromatic rings. The fraction of sp³-hybridized carbons (Fsp3) is 0.312. The van der Waals surface area contributed by atoms with Crippen molar-refractivity contribution in [2.45, 2.75) is 5.92 Å². The Morgan fingerprint density at radius 2 is 1.28 bits per heavy atom. The number of rotatable bonds is 10. The van der Waals surface area contributed by atoms with E-state index in [0.717, 1.165) is 16.7 Å². The van der Waals surface area contributed by atoms with E-state index in [1.807, 2.05) is 30.3 Å². The molecule has 0 aromatic heterocycles. The minimum Gasteiger partial charge on any atom is -0.493 e. The number of benzene rings is 3. The smallest absolute Gasteiger partial charge is 0.314 e. The standard InChI is InChI=1S/C32H33NO10/c1-35-24-10-18(11-25(36-2)30(24)39-5)28-21-14-23-22(42-16-43-23)9-17(21)8-19(29(28)32(34)41-7)15-33-20-12-26(37-3)31(40-6)27(13-20)38-4/h8-15,28-29H,16H2,1-7H3/t28-,29-/m1/s1. The fourth-order valence-electron chi connectivity index (χ4n) is 5.47. The molecule has 43 heavy (non-hydrogen) atoms. The van der Waals surface area contributed by atoms with Crippen LogP contribution in [0.1, 0.15) is 22.6 Å². The Balaban J connectivity index is 1.71. The van der Waals surface area contributed by atoms with E-state index < -0.39 is 17.8 Å². The third kappa shape index (κ3) is 5.33. The molecule has 1 heterocycles. The summed E-state index contributed by atoms with van der Waals surface area (Å²) in [4.78, 5) is 18.3. The SMILES string of the molecule is COC(=O)[C@@H]1C(C=Nc2cc(OC)c(OC)c(OC)c2)=Cc2cc3c(cc2[C@H]1c1cc(OC)c(OC)c(OC)c1)OCO3. The summed E-state index contributed by atoms with van der Waals surface area (Å²) in [7, 11) is 10.6. The zero-order valence-corrected chi connectivity index (χ0v) is 25.0. The average molecular weight is 592 g/mol. The highest BCUT2D eigenvalue weighted by Gasteiger charge is 2.40. The molecule has 226 valence electrons. The van der Waals surface area contributed by atoms with E-state index in [-0.39, 0.29) is 6.79 Å². The minimum absolute atomic E-state index is 0.104. The summed E-state index contributed by atoms with van der Waals surface area (Å²) in [6, 6.07) is 10.9. The van der Waals surface area contributed by atoms with Gasteiger partial charge in [0.15, 0.2) is 34.5 Å². The second-order valence-corrected chi connectivity index (χ2v) is 9.56. The topological polar surface area (TPSA) is 113 Å². The van der Waals surface area contributed by atoms with E-state index in [2.05, 4.69) is 0 Å². The lowest BCUT2D eigenvalue weighted by atomic mass is 9.71. The molecular formula is C32H33NO10. The van der Waals surface area contributed by atoms with Gasteiger partial charge in [0.2, 0.25) is 18.3 Å². The monoisotopic (exact) mass is 591 g/mol. The number of carbonyl (C=O) groups excluding carboxylic acids is 1. The summed E-state index contributed by atoms with van der Waals surface area (Å²) >= 11 is 0. The Hall–Kier alpha value is -5.06. The third-order valence-electron chi connectivity index (χ3n) is 7.44. The molecule has 0 unspecified atom stereocenters. The first-order chi connectivity index (χ1) is 20.9. The Kier molecular flexibility index (Phi) is 8.51. The molecule has 1 aliphatic heterocycles. The van der Waals surface area contributed by atoms with Gasteiger partial charge in [-0.1, -0.05) is 0 Å². The van der Waals surface area contributed by atoms with E-state index in [4.69, 9.17) is 47.6 Å². The number of aliphatic imine (C=N–C) groups is 1. The first-order valence-corrected chi connectivity index (χ1v) is 13.3. The van der Waals surface area contributed by atoms with E-state index in [0.29, 0.717) is 57.3 Å². The van der Waals surface area contributed by atoms with Crippen LogP contribution in [-0.4, -0.2) is 68.7 Å². The maximum atomic E-state index is 13.6. The zero-order chi connectivity index (χ0) is 30.7. The van der Waals surface area contributed by atoms with Gasteiger partial charge in [-0.2, -0.15) is 0 Å². The minimum atomic E-state index is -0.800. The van der Waals surface area contributed by atoms with Crippen LogP contribution < -0.4 is 37.9 Å². The van der Waals surface area contributed by atoms with Gasteiger partial charge in [0, 0.05) is 24.3 Å². The molecule has 0 saturated heterocycles. The summed E-state index contributed by atoms with van der Waals surface area (Å²) in [6.07, 6.45) is 3.54. The Morgan fingerprint density at radius 3 is 1.79 bits per heavy atom. The lowest BCUT2D eigenvalue weighted by Gasteiger charge is -2.32. The van der Waals surface area contributed by atoms with Gasteiger partial charge in [0.25, 0.3) is 0 Å². The van der Waals surface area contributed by atoms with Gasteiger partial charge in [-0.15, -0.1) is 0 Å². The Labute approximate surface area is 249 Å². The number of ether oxygens (including phenoxy) is 9. The summed E-state index contributed by atoms with van der Waals surface area (Å²) in [6.45, 7) is 0.104. The molecule has 1 aliphatic carbocycles.